The maximum absolute atomic E-state index is 13.1. The molecule has 3 rings (SSSR count). The van der Waals surface area contributed by atoms with Crippen molar-refractivity contribution in [3.05, 3.63) is 47.9 Å². The average Bonchev–Trinajstić information content (AvgIpc) is 3.16. The van der Waals surface area contributed by atoms with E-state index in [1.54, 1.807) is 24.3 Å². The molecule has 1 aromatic carbocycles. The number of aromatic nitrogens is 5. The topological polar surface area (TPSA) is 93.4 Å². The summed E-state index contributed by atoms with van der Waals surface area (Å²) in [5.41, 5.74) is 1.41. The molecule has 0 N–H and O–H groups in total. The number of nitriles is 1. The van der Waals surface area contributed by atoms with Crippen LogP contribution in [0.5, 0.6) is 0 Å². The van der Waals surface area contributed by atoms with Crippen LogP contribution in [0.25, 0.3) is 11.4 Å². The average molecular weight is 316 g/mol. The van der Waals surface area contributed by atoms with Crippen molar-refractivity contribution in [2.45, 2.75) is 19.4 Å². The zero-order valence-electron chi connectivity index (χ0n) is 11.9. The van der Waals surface area contributed by atoms with E-state index in [4.69, 9.17) is 5.26 Å². The van der Waals surface area contributed by atoms with Crippen molar-refractivity contribution in [2.75, 3.05) is 0 Å². The molecule has 0 aliphatic carbocycles. The molecule has 0 unspecified atom stereocenters. The molecule has 23 heavy (non-hydrogen) atoms. The second-order valence-corrected chi connectivity index (χ2v) is 4.86. The fourth-order valence-electron chi connectivity index (χ4n) is 1.92. The highest BCUT2D eigenvalue weighted by Gasteiger charge is 2.32. The quantitative estimate of drug-likeness (QED) is 0.733. The normalized spacial score (nSPS) is 11.4. The highest BCUT2D eigenvalue weighted by molar-refractivity contribution is 5.54. The third kappa shape index (κ3) is 3.06. The first-order valence-corrected chi connectivity index (χ1v) is 6.56. The van der Waals surface area contributed by atoms with Crippen LogP contribution in [0.1, 0.15) is 24.2 Å². The Hall–Kier alpha value is -3.15. The van der Waals surface area contributed by atoms with Gasteiger partial charge < -0.3 is 4.52 Å². The molecular formula is C14H10F2N6O. The Kier molecular flexibility index (Phi) is 3.57. The Balaban J connectivity index is 1.80. The van der Waals surface area contributed by atoms with Gasteiger partial charge in [-0.25, -0.2) is 9.67 Å². The Morgan fingerprint density at radius 2 is 2.04 bits per heavy atom. The second kappa shape index (κ2) is 5.57. The van der Waals surface area contributed by atoms with Crippen LogP contribution in [0, 0.1) is 11.3 Å². The minimum atomic E-state index is -3.17. The van der Waals surface area contributed by atoms with Gasteiger partial charge in [0.25, 0.3) is 5.89 Å². The van der Waals surface area contributed by atoms with Gasteiger partial charge in [-0.3, -0.25) is 0 Å². The summed E-state index contributed by atoms with van der Waals surface area (Å²) in [5, 5.41) is 16.4. The van der Waals surface area contributed by atoms with Crippen LogP contribution in [-0.4, -0.2) is 24.9 Å². The van der Waals surface area contributed by atoms with E-state index in [0.717, 1.165) is 5.56 Å². The van der Waals surface area contributed by atoms with E-state index >= 15 is 0 Å². The van der Waals surface area contributed by atoms with Gasteiger partial charge in [-0.2, -0.15) is 24.1 Å². The van der Waals surface area contributed by atoms with Gasteiger partial charge in [-0.15, -0.1) is 0 Å². The highest BCUT2D eigenvalue weighted by Crippen LogP contribution is 2.27. The summed E-state index contributed by atoms with van der Waals surface area (Å²) in [6, 6.07) is 8.82. The molecule has 0 radical (unpaired) electrons. The van der Waals surface area contributed by atoms with E-state index in [0.29, 0.717) is 19.0 Å². The number of alkyl halides is 2. The van der Waals surface area contributed by atoms with Gasteiger partial charge in [-0.1, -0.05) is 29.4 Å². The molecule has 2 aromatic heterocycles. The van der Waals surface area contributed by atoms with Gasteiger partial charge >= 0.3 is 5.92 Å². The van der Waals surface area contributed by atoms with Gasteiger partial charge in [0.1, 0.15) is 12.4 Å². The van der Waals surface area contributed by atoms with Crippen molar-refractivity contribution in [2.24, 2.45) is 0 Å². The Bertz CT molecular complexity index is 857. The van der Waals surface area contributed by atoms with Crippen LogP contribution in [0.15, 0.2) is 35.1 Å². The summed E-state index contributed by atoms with van der Waals surface area (Å²) in [7, 11) is 0. The van der Waals surface area contributed by atoms with E-state index in [1.165, 1.54) is 11.0 Å². The van der Waals surface area contributed by atoms with Crippen LogP contribution in [0.3, 0.4) is 0 Å². The Morgan fingerprint density at radius 1 is 1.30 bits per heavy atom. The van der Waals surface area contributed by atoms with Crippen molar-refractivity contribution in [1.29, 1.82) is 5.26 Å². The third-order valence-electron chi connectivity index (χ3n) is 3.06. The monoisotopic (exact) mass is 316 g/mol. The van der Waals surface area contributed by atoms with Gasteiger partial charge in [0.05, 0.1) is 6.54 Å². The molecule has 0 atom stereocenters. The predicted molar refractivity (Wildman–Crippen MR) is 73.1 cm³/mol. The number of hydrogen-bond donors (Lipinski definition) is 0. The third-order valence-corrected chi connectivity index (χ3v) is 3.06. The summed E-state index contributed by atoms with van der Waals surface area (Å²) in [6.45, 7) is 1.06. The minimum absolute atomic E-state index is 0.0894. The van der Waals surface area contributed by atoms with Crippen molar-refractivity contribution in [1.82, 2.24) is 24.9 Å². The molecule has 0 amide bonds. The molecule has 3 aromatic rings. The smallest absolute Gasteiger partial charge is 0.322 e. The maximum Gasteiger partial charge on any atom is 0.322 e. The molecule has 0 saturated carbocycles. The SMILES string of the molecule is CC(F)(F)c1nc(-c2ccc(Cn3ncnc3C#N)cc2)no1. The van der Waals surface area contributed by atoms with E-state index < -0.39 is 11.8 Å². The van der Waals surface area contributed by atoms with Crippen molar-refractivity contribution >= 4 is 0 Å². The summed E-state index contributed by atoms with van der Waals surface area (Å²) in [4.78, 5) is 7.50. The second-order valence-electron chi connectivity index (χ2n) is 4.86. The van der Waals surface area contributed by atoms with Gasteiger partial charge in [0.15, 0.2) is 0 Å². The van der Waals surface area contributed by atoms with Crippen LogP contribution in [0.2, 0.25) is 0 Å². The fraction of sp³-hybridized carbons (Fsp3) is 0.214. The largest absolute Gasteiger partial charge is 0.332 e. The molecule has 0 fully saturated rings. The van der Waals surface area contributed by atoms with Crippen molar-refractivity contribution < 1.29 is 13.3 Å². The molecular weight excluding hydrogens is 306 g/mol. The first-order valence-electron chi connectivity index (χ1n) is 6.56. The van der Waals surface area contributed by atoms with E-state index in [9.17, 15) is 8.78 Å². The van der Waals surface area contributed by atoms with Crippen LogP contribution in [-0.2, 0) is 12.5 Å². The van der Waals surface area contributed by atoms with Gasteiger partial charge in [-0.05, 0) is 5.56 Å². The predicted octanol–water partition coefficient (Wildman–Crippen LogP) is 2.36. The lowest BCUT2D eigenvalue weighted by Gasteiger charge is -2.03. The Labute approximate surface area is 129 Å². The lowest BCUT2D eigenvalue weighted by molar-refractivity contribution is -0.0158. The lowest BCUT2D eigenvalue weighted by atomic mass is 10.1. The number of nitrogens with zero attached hydrogens (tertiary/aromatic N) is 6. The molecule has 116 valence electrons. The zero-order valence-corrected chi connectivity index (χ0v) is 11.9. The van der Waals surface area contributed by atoms with Crippen molar-refractivity contribution in [3.8, 4) is 17.5 Å². The van der Waals surface area contributed by atoms with E-state index in [1.807, 2.05) is 6.07 Å². The molecule has 9 heteroatoms. The molecule has 0 bridgehead atoms. The van der Waals surface area contributed by atoms with Crippen LogP contribution >= 0.6 is 0 Å². The fourth-order valence-corrected chi connectivity index (χ4v) is 1.92. The van der Waals surface area contributed by atoms with Crippen LogP contribution < -0.4 is 0 Å². The van der Waals surface area contributed by atoms with Gasteiger partial charge in [0, 0.05) is 12.5 Å². The van der Waals surface area contributed by atoms with Gasteiger partial charge in [0.2, 0.25) is 11.6 Å². The summed E-state index contributed by atoms with van der Waals surface area (Å²) in [6.07, 6.45) is 1.30. The van der Waals surface area contributed by atoms with E-state index in [-0.39, 0.29) is 11.6 Å². The summed E-state index contributed by atoms with van der Waals surface area (Å²) >= 11 is 0. The molecule has 7 nitrogen and oxygen atoms in total. The number of hydrogen-bond acceptors (Lipinski definition) is 6. The lowest BCUT2D eigenvalue weighted by Crippen LogP contribution is -2.07. The van der Waals surface area contributed by atoms with Crippen LogP contribution in [0.4, 0.5) is 8.78 Å². The maximum atomic E-state index is 13.1. The molecule has 0 spiro atoms. The number of benzene rings is 1. The Morgan fingerprint density at radius 3 is 2.65 bits per heavy atom. The number of rotatable bonds is 4. The molecule has 0 aliphatic heterocycles. The molecule has 0 saturated heterocycles. The highest BCUT2D eigenvalue weighted by atomic mass is 19.3. The summed E-state index contributed by atoms with van der Waals surface area (Å²) < 4.78 is 32.2. The van der Waals surface area contributed by atoms with E-state index in [2.05, 4.69) is 24.7 Å². The standard InChI is InChI=1S/C14H10F2N6O/c1-14(15,16)13-20-12(21-23-13)10-4-2-9(3-5-10)7-22-11(6-17)18-8-19-22/h2-5,8H,7H2,1H3. The summed E-state index contributed by atoms with van der Waals surface area (Å²) in [5.74, 6) is -3.60. The zero-order chi connectivity index (χ0) is 16.4. The van der Waals surface area contributed by atoms with Crippen molar-refractivity contribution in [3.63, 3.8) is 0 Å². The number of halogens is 2. The molecule has 2 heterocycles. The minimum Gasteiger partial charge on any atom is -0.332 e. The first kappa shape index (κ1) is 14.8. The molecule has 0 aliphatic rings. The first-order chi connectivity index (χ1) is 11.0.